The lowest BCUT2D eigenvalue weighted by Crippen LogP contribution is -2.47. The minimum absolute atomic E-state index is 0.0119. The number of fused-ring (bicyclic) bond motifs is 1. The molecule has 1 saturated heterocycles. The zero-order chi connectivity index (χ0) is 16.7. The lowest BCUT2D eigenvalue weighted by Gasteiger charge is -2.29. The molecule has 0 atom stereocenters. The normalized spacial score (nSPS) is 15.2. The largest absolute Gasteiger partial charge is 0.618 e. The Bertz CT molecular complexity index is 803. The molecule has 0 aliphatic carbocycles. The third kappa shape index (κ3) is 2.44. The summed E-state index contributed by atoms with van der Waals surface area (Å²) in [7, 11) is 0. The van der Waals surface area contributed by atoms with E-state index in [1.807, 2.05) is 4.90 Å². The summed E-state index contributed by atoms with van der Waals surface area (Å²) in [6, 6.07) is 2.41. The van der Waals surface area contributed by atoms with E-state index in [0.717, 1.165) is 19.2 Å². The molecule has 0 unspecified atom stereocenters. The van der Waals surface area contributed by atoms with Crippen LogP contribution >= 0.6 is 0 Å². The number of nitrogens with one attached hydrogen (secondary N) is 1. The van der Waals surface area contributed by atoms with Crippen LogP contribution in [-0.2, 0) is 0 Å². The van der Waals surface area contributed by atoms with Crippen molar-refractivity contribution in [3.8, 4) is 0 Å². The highest BCUT2D eigenvalue weighted by molar-refractivity contribution is 5.92. The van der Waals surface area contributed by atoms with E-state index in [0.29, 0.717) is 28.2 Å². The molecule has 0 saturated carbocycles. The van der Waals surface area contributed by atoms with Gasteiger partial charge in [0.1, 0.15) is 0 Å². The molecule has 23 heavy (non-hydrogen) atoms. The number of benzene rings is 1. The van der Waals surface area contributed by atoms with Gasteiger partial charge in [0.05, 0.1) is 11.8 Å². The molecule has 0 radical (unpaired) electrons. The molecule has 1 fully saturated rings. The molecular weight excluding hydrogens is 303 g/mol. The minimum atomic E-state index is -0.581. The molecule has 0 bridgehead atoms. The van der Waals surface area contributed by atoms with Gasteiger partial charge in [0.2, 0.25) is 5.78 Å². The van der Waals surface area contributed by atoms with Gasteiger partial charge < -0.3 is 20.6 Å². The van der Waals surface area contributed by atoms with Crippen LogP contribution in [-0.4, -0.2) is 32.0 Å². The molecule has 3 rings (SSSR count). The highest BCUT2D eigenvalue weighted by Gasteiger charge is 2.30. The molecule has 8 heteroatoms. The number of hydrogen-bond acceptors (Lipinski definition) is 5. The van der Waals surface area contributed by atoms with Crippen molar-refractivity contribution in [1.82, 2.24) is 5.32 Å². The van der Waals surface area contributed by atoms with Crippen LogP contribution in [0.4, 0.5) is 10.1 Å². The van der Waals surface area contributed by atoms with Crippen molar-refractivity contribution in [3.05, 3.63) is 39.8 Å². The first-order chi connectivity index (χ1) is 10.9. The summed E-state index contributed by atoms with van der Waals surface area (Å²) in [6.45, 7) is 5.28. The number of Topliss-reactive ketones (excluding diaryl/α,β-unsaturated/α-hetero) is 1. The van der Waals surface area contributed by atoms with Crippen molar-refractivity contribution in [3.63, 3.8) is 0 Å². The maximum absolute atomic E-state index is 14.4. The molecule has 1 aliphatic heterocycles. The Hall–Kier alpha value is -2.48. The Labute approximate surface area is 132 Å². The fourth-order valence-corrected chi connectivity index (χ4v) is 2.96. The number of carbonyl (C=O) groups is 1. The summed E-state index contributed by atoms with van der Waals surface area (Å²) >= 11 is 0. The Kier molecular flexibility index (Phi) is 3.77. The van der Waals surface area contributed by atoms with Crippen LogP contribution < -0.4 is 19.7 Å². The van der Waals surface area contributed by atoms with Gasteiger partial charge in [0.25, 0.3) is 16.7 Å². The van der Waals surface area contributed by atoms with Gasteiger partial charge in [-0.25, -0.2) is 4.39 Å². The van der Waals surface area contributed by atoms with Gasteiger partial charge in [-0.05, 0) is 0 Å². The summed E-state index contributed by atoms with van der Waals surface area (Å²) in [5.74, 6) is -1.11. The number of piperazine rings is 1. The summed E-state index contributed by atoms with van der Waals surface area (Å²) < 4.78 is 15.3. The third-order valence-corrected chi connectivity index (χ3v) is 4.12. The van der Waals surface area contributed by atoms with E-state index in [1.54, 1.807) is 0 Å². The van der Waals surface area contributed by atoms with Crippen molar-refractivity contribution in [2.75, 3.05) is 31.1 Å². The molecule has 1 aromatic heterocycles. The second-order valence-electron chi connectivity index (χ2n) is 5.61. The second kappa shape index (κ2) is 5.62. The van der Waals surface area contributed by atoms with E-state index in [4.69, 9.17) is 0 Å². The SMILES string of the molecule is CC(=O)c1c(C)[n+]([O-])c2cc(N3CCNCC3)c(F)cc2[n+]1[O-]. The first-order valence-electron chi connectivity index (χ1n) is 7.37. The van der Waals surface area contributed by atoms with E-state index in [-0.39, 0.29) is 22.4 Å². The molecule has 7 nitrogen and oxygen atoms in total. The van der Waals surface area contributed by atoms with E-state index in [1.165, 1.54) is 19.9 Å². The van der Waals surface area contributed by atoms with E-state index in [9.17, 15) is 19.6 Å². The van der Waals surface area contributed by atoms with Gasteiger partial charge in [-0.2, -0.15) is 9.46 Å². The number of halogens is 1. The molecule has 2 aromatic rings. The predicted octanol–water partition coefficient (Wildman–Crippen LogP) is 0.166. The predicted molar refractivity (Wildman–Crippen MR) is 81.7 cm³/mol. The number of anilines is 1. The molecule has 122 valence electrons. The number of hydrogen-bond donors (Lipinski definition) is 1. The van der Waals surface area contributed by atoms with E-state index >= 15 is 0 Å². The topological polar surface area (TPSA) is 86.2 Å². The first-order valence-corrected chi connectivity index (χ1v) is 7.37. The molecule has 0 amide bonds. The number of aromatic nitrogens is 2. The van der Waals surface area contributed by atoms with Crippen molar-refractivity contribution in [2.24, 2.45) is 0 Å². The summed E-state index contributed by atoms with van der Waals surface area (Å²) in [5.41, 5.74) is -0.0529. The maximum Gasteiger partial charge on any atom is 0.328 e. The Morgan fingerprint density at radius 1 is 1.22 bits per heavy atom. The fraction of sp³-hybridized carbons (Fsp3) is 0.400. The van der Waals surface area contributed by atoms with Crippen molar-refractivity contribution in [1.29, 1.82) is 0 Å². The Morgan fingerprint density at radius 3 is 2.43 bits per heavy atom. The van der Waals surface area contributed by atoms with Gasteiger partial charge in [-0.3, -0.25) is 4.79 Å². The number of carbonyl (C=O) groups excluding carboxylic acids is 1. The zero-order valence-electron chi connectivity index (χ0n) is 12.9. The third-order valence-electron chi connectivity index (χ3n) is 4.12. The van der Waals surface area contributed by atoms with E-state index < -0.39 is 11.6 Å². The smallest absolute Gasteiger partial charge is 0.328 e. The number of rotatable bonds is 2. The van der Waals surface area contributed by atoms with Crippen LogP contribution in [0.3, 0.4) is 0 Å². The molecule has 1 N–H and O–H groups in total. The minimum Gasteiger partial charge on any atom is -0.618 e. The fourth-order valence-electron chi connectivity index (χ4n) is 2.96. The van der Waals surface area contributed by atoms with Crippen LogP contribution in [0, 0.1) is 23.2 Å². The number of ketones is 1. The quantitative estimate of drug-likeness (QED) is 0.484. The van der Waals surface area contributed by atoms with Gasteiger partial charge >= 0.3 is 5.69 Å². The van der Waals surface area contributed by atoms with E-state index in [2.05, 4.69) is 5.32 Å². The standard InChI is InChI=1S/C15H17FN4O3/c1-9-15(10(2)21)20(23)13-7-11(16)12(8-14(13)19(9)22)18-5-3-17-4-6-18/h7-8,17H,3-6H2,1-2H3. The highest BCUT2D eigenvalue weighted by atomic mass is 19.1. The van der Waals surface area contributed by atoms with Crippen LogP contribution in [0.25, 0.3) is 11.0 Å². The summed E-state index contributed by atoms with van der Waals surface area (Å²) in [5, 5.41) is 27.9. The van der Waals surface area contributed by atoms with Crippen molar-refractivity contribution < 1.29 is 18.6 Å². The lowest BCUT2D eigenvalue weighted by molar-refractivity contribution is -0.635. The Balaban J connectivity index is 2.26. The molecular formula is C15H17FN4O3. The highest BCUT2D eigenvalue weighted by Crippen LogP contribution is 2.24. The molecule has 1 aromatic carbocycles. The molecule has 1 aliphatic rings. The monoisotopic (exact) mass is 320 g/mol. The van der Waals surface area contributed by atoms with Crippen LogP contribution in [0.1, 0.15) is 23.1 Å². The van der Waals surface area contributed by atoms with Gasteiger partial charge in [-0.15, -0.1) is 0 Å². The van der Waals surface area contributed by atoms with Crippen LogP contribution in [0.15, 0.2) is 12.1 Å². The van der Waals surface area contributed by atoms with Crippen LogP contribution in [0.2, 0.25) is 0 Å². The van der Waals surface area contributed by atoms with Gasteiger partial charge in [0, 0.05) is 46.1 Å². The van der Waals surface area contributed by atoms with Crippen LogP contribution in [0.5, 0.6) is 0 Å². The van der Waals surface area contributed by atoms with Gasteiger partial charge in [0.15, 0.2) is 5.82 Å². The lowest BCUT2D eigenvalue weighted by atomic mass is 10.1. The maximum atomic E-state index is 14.4. The zero-order valence-corrected chi connectivity index (χ0v) is 12.9. The average molecular weight is 320 g/mol. The Morgan fingerprint density at radius 2 is 1.83 bits per heavy atom. The van der Waals surface area contributed by atoms with Crippen molar-refractivity contribution in [2.45, 2.75) is 13.8 Å². The second-order valence-corrected chi connectivity index (χ2v) is 5.61. The van der Waals surface area contributed by atoms with Crippen molar-refractivity contribution >= 4 is 22.5 Å². The summed E-state index contributed by atoms with van der Waals surface area (Å²) in [4.78, 5) is 13.4. The average Bonchev–Trinajstić information content (AvgIpc) is 2.53. The van der Waals surface area contributed by atoms with Gasteiger partial charge in [-0.1, -0.05) is 0 Å². The first kappa shape index (κ1) is 15.4. The molecule has 0 spiro atoms. The molecule has 2 heterocycles. The number of nitrogens with zero attached hydrogens (tertiary/aromatic N) is 3. The summed E-state index contributed by atoms with van der Waals surface area (Å²) in [6.07, 6.45) is 0.